The van der Waals surface area contributed by atoms with Gasteiger partial charge in [0.25, 0.3) is 0 Å². The lowest BCUT2D eigenvalue weighted by molar-refractivity contribution is -0.0113. The second-order valence-electron chi connectivity index (χ2n) is 5.53. The van der Waals surface area contributed by atoms with Crippen molar-refractivity contribution in [2.75, 3.05) is 6.61 Å². The third-order valence-corrected chi connectivity index (χ3v) is 4.00. The number of benzene rings is 2. The lowest BCUT2D eigenvalue weighted by Crippen LogP contribution is -2.34. The average Bonchev–Trinajstić information content (AvgIpc) is 2.55. The van der Waals surface area contributed by atoms with Gasteiger partial charge in [-0.15, -0.1) is 0 Å². The molecule has 0 bridgehead atoms. The SMILES string of the molecule is CCC(O)(CC)COc1ccc(Cc2ccccc2)cc1. The topological polar surface area (TPSA) is 29.5 Å². The van der Waals surface area contributed by atoms with Crippen LogP contribution in [0.4, 0.5) is 0 Å². The Hall–Kier alpha value is -1.80. The minimum atomic E-state index is -0.720. The van der Waals surface area contributed by atoms with Crippen LogP contribution in [0.5, 0.6) is 5.75 Å². The standard InChI is InChI=1S/C19H24O2/c1-3-19(20,4-2)15-21-18-12-10-17(11-13-18)14-16-8-6-5-7-9-16/h5-13,20H,3-4,14-15H2,1-2H3. The fraction of sp³-hybridized carbons (Fsp3) is 0.368. The zero-order chi connectivity index (χ0) is 15.1. The Morgan fingerprint density at radius 2 is 1.43 bits per heavy atom. The molecule has 0 saturated heterocycles. The molecule has 0 heterocycles. The Kier molecular flexibility index (Phi) is 5.40. The lowest BCUT2D eigenvalue weighted by Gasteiger charge is -2.25. The van der Waals surface area contributed by atoms with E-state index in [1.807, 2.05) is 32.0 Å². The molecule has 0 aliphatic carbocycles. The fourth-order valence-corrected chi connectivity index (χ4v) is 2.21. The van der Waals surface area contributed by atoms with Gasteiger partial charge in [-0.25, -0.2) is 0 Å². The maximum atomic E-state index is 10.2. The third kappa shape index (κ3) is 4.61. The number of rotatable bonds is 7. The van der Waals surface area contributed by atoms with Gasteiger partial charge in [0, 0.05) is 0 Å². The van der Waals surface area contributed by atoms with E-state index in [9.17, 15) is 5.11 Å². The minimum Gasteiger partial charge on any atom is -0.491 e. The van der Waals surface area contributed by atoms with Crippen molar-refractivity contribution in [3.05, 3.63) is 65.7 Å². The van der Waals surface area contributed by atoms with Gasteiger partial charge in [-0.05, 0) is 42.5 Å². The minimum absolute atomic E-state index is 0.345. The van der Waals surface area contributed by atoms with Gasteiger partial charge >= 0.3 is 0 Å². The van der Waals surface area contributed by atoms with E-state index < -0.39 is 5.60 Å². The van der Waals surface area contributed by atoms with E-state index in [1.165, 1.54) is 11.1 Å². The highest BCUT2D eigenvalue weighted by molar-refractivity contribution is 5.31. The third-order valence-electron chi connectivity index (χ3n) is 4.00. The van der Waals surface area contributed by atoms with Crippen molar-refractivity contribution in [3.63, 3.8) is 0 Å². The molecule has 0 atom stereocenters. The summed E-state index contributed by atoms with van der Waals surface area (Å²) in [5.74, 6) is 0.812. The fourth-order valence-electron chi connectivity index (χ4n) is 2.21. The molecule has 0 spiro atoms. The van der Waals surface area contributed by atoms with Gasteiger partial charge in [0.2, 0.25) is 0 Å². The van der Waals surface area contributed by atoms with E-state index in [2.05, 4.69) is 36.4 Å². The summed E-state index contributed by atoms with van der Waals surface area (Å²) in [6.45, 7) is 4.31. The molecule has 2 rings (SSSR count). The molecule has 1 N–H and O–H groups in total. The normalized spacial score (nSPS) is 11.4. The van der Waals surface area contributed by atoms with Crippen LogP contribution in [0, 0.1) is 0 Å². The molecular weight excluding hydrogens is 260 g/mol. The predicted molar refractivity (Wildman–Crippen MR) is 86.7 cm³/mol. The summed E-state index contributed by atoms with van der Waals surface area (Å²) >= 11 is 0. The van der Waals surface area contributed by atoms with Crippen LogP contribution in [0.25, 0.3) is 0 Å². The molecule has 0 unspecified atom stereocenters. The summed E-state index contributed by atoms with van der Waals surface area (Å²) in [5, 5.41) is 10.2. The highest BCUT2D eigenvalue weighted by atomic mass is 16.5. The zero-order valence-corrected chi connectivity index (χ0v) is 12.9. The van der Waals surface area contributed by atoms with Crippen LogP contribution >= 0.6 is 0 Å². The first-order valence-corrected chi connectivity index (χ1v) is 7.63. The molecule has 0 aliphatic rings. The maximum absolute atomic E-state index is 10.2. The van der Waals surface area contributed by atoms with E-state index in [0.29, 0.717) is 19.4 Å². The van der Waals surface area contributed by atoms with Crippen LogP contribution in [0.2, 0.25) is 0 Å². The number of hydrogen-bond acceptors (Lipinski definition) is 2. The number of hydrogen-bond donors (Lipinski definition) is 1. The van der Waals surface area contributed by atoms with E-state index in [-0.39, 0.29) is 0 Å². The molecule has 112 valence electrons. The van der Waals surface area contributed by atoms with Crippen LogP contribution in [0.1, 0.15) is 37.8 Å². The first-order chi connectivity index (χ1) is 10.1. The quantitative estimate of drug-likeness (QED) is 0.825. The summed E-state index contributed by atoms with van der Waals surface area (Å²) in [5.41, 5.74) is 1.84. The molecule has 0 aromatic heterocycles. The van der Waals surface area contributed by atoms with E-state index >= 15 is 0 Å². The van der Waals surface area contributed by atoms with Gasteiger partial charge in [0.15, 0.2) is 0 Å². The summed E-state index contributed by atoms with van der Waals surface area (Å²) < 4.78 is 5.71. The van der Waals surface area contributed by atoms with Crippen molar-refractivity contribution >= 4 is 0 Å². The van der Waals surface area contributed by atoms with E-state index in [1.54, 1.807) is 0 Å². The first-order valence-electron chi connectivity index (χ1n) is 7.63. The molecule has 2 nitrogen and oxygen atoms in total. The molecule has 2 aromatic carbocycles. The van der Waals surface area contributed by atoms with Crippen molar-refractivity contribution in [2.45, 2.75) is 38.7 Å². The van der Waals surface area contributed by atoms with Crippen LogP contribution in [-0.2, 0) is 6.42 Å². The van der Waals surface area contributed by atoms with Gasteiger partial charge in [-0.1, -0.05) is 56.3 Å². The van der Waals surface area contributed by atoms with Crippen molar-refractivity contribution < 1.29 is 9.84 Å². The van der Waals surface area contributed by atoms with Crippen molar-refractivity contribution in [1.29, 1.82) is 0 Å². The van der Waals surface area contributed by atoms with Gasteiger partial charge < -0.3 is 9.84 Å². The summed E-state index contributed by atoms with van der Waals surface area (Å²) in [4.78, 5) is 0. The Morgan fingerprint density at radius 3 is 2.00 bits per heavy atom. The number of aliphatic hydroxyl groups is 1. The molecule has 2 aromatic rings. The summed E-state index contributed by atoms with van der Waals surface area (Å²) in [6, 6.07) is 18.5. The molecule has 0 fully saturated rings. The molecule has 0 aliphatic heterocycles. The van der Waals surface area contributed by atoms with Gasteiger partial charge in [0.05, 0.1) is 5.60 Å². The Morgan fingerprint density at radius 1 is 0.857 bits per heavy atom. The van der Waals surface area contributed by atoms with Crippen LogP contribution in [0.15, 0.2) is 54.6 Å². The second kappa shape index (κ2) is 7.28. The maximum Gasteiger partial charge on any atom is 0.119 e. The Labute approximate surface area is 127 Å². The smallest absolute Gasteiger partial charge is 0.119 e. The molecule has 0 radical (unpaired) electrons. The molecular formula is C19H24O2. The Balaban J connectivity index is 1.93. The van der Waals surface area contributed by atoms with Gasteiger partial charge in [-0.2, -0.15) is 0 Å². The highest BCUT2D eigenvalue weighted by Crippen LogP contribution is 2.19. The van der Waals surface area contributed by atoms with Gasteiger partial charge in [0.1, 0.15) is 12.4 Å². The molecule has 2 heteroatoms. The molecule has 21 heavy (non-hydrogen) atoms. The van der Waals surface area contributed by atoms with Gasteiger partial charge in [-0.3, -0.25) is 0 Å². The second-order valence-corrected chi connectivity index (χ2v) is 5.53. The van der Waals surface area contributed by atoms with Crippen LogP contribution in [0.3, 0.4) is 0 Å². The lowest BCUT2D eigenvalue weighted by atomic mass is 9.99. The van der Waals surface area contributed by atoms with E-state index in [4.69, 9.17) is 4.74 Å². The summed E-state index contributed by atoms with van der Waals surface area (Å²) in [7, 11) is 0. The summed E-state index contributed by atoms with van der Waals surface area (Å²) in [6.07, 6.45) is 2.33. The Bertz CT molecular complexity index is 527. The zero-order valence-electron chi connectivity index (χ0n) is 12.9. The van der Waals surface area contributed by atoms with Crippen molar-refractivity contribution in [3.8, 4) is 5.75 Å². The van der Waals surface area contributed by atoms with Crippen LogP contribution < -0.4 is 4.74 Å². The first kappa shape index (κ1) is 15.6. The predicted octanol–water partition coefficient (Wildman–Crippen LogP) is 4.21. The molecule has 0 amide bonds. The highest BCUT2D eigenvalue weighted by Gasteiger charge is 2.22. The van der Waals surface area contributed by atoms with Crippen molar-refractivity contribution in [2.24, 2.45) is 0 Å². The average molecular weight is 284 g/mol. The molecule has 0 saturated carbocycles. The van der Waals surface area contributed by atoms with E-state index in [0.717, 1.165) is 12.2 Å². The van der Waals surface area contributed by atoms with Crippen LogP contribution in [-0.4, -0.2) is 17.3 Å². The monoisotopic (exact) mass is 284 g/mol. The number of ether oxygens (including phenoxy) is 1. The largest absolute Gasteiger partial charge is 0.491 e. The van der Waals surface area contributed by atoms with Crippen molar-refractivity contribution in [1.82, 2.24) is 0 Å².